The zero-order valence-corrected chi connectivity index (χ0v) is 9.92. The fourth-order valence-electron chi connectivity index (χ4n) is 1.40. The third-order valence-corrected chi connectivity index (χ3v) is 2.30. The highest BCUT2D eigenvalue weighted by molar-refractivity contribution is 5.51. The number of nitrogens with two attached hydrogens (primary N) is 1. The molecule has 1 unspecified atom stereocenters. The van der Waals surface area contributed by atoms with Crippen LogP contribution in [0.25, 0.3) is 11.5 Å². The molecule has 2 heterocycles. The second-order valence-corrected chi connectivity index (χ2v) is 3.67. The van der Waals surface area contributed by atoms with E-state index in [9.17, 15) is 4.79 Å². The van der Waals surface area contributed by atoms with Crippen molar-refractivity contribution in [3.05, 3.63) is 34.5 Å². The molecule has 1 atom stereocenters. The van der Waals surface area contributed by atoms with Crippen LogP contribution < -0.4 is 11.3 Å². The third-order valence-electron chi connectivity index (χ3n) is 2.30. The van der Waals surface area contributed by atoms with Crippen LogP contribution in [-0.4, -0.2) is 28.3 Å². The highest BCUT2D eigenvalue weighted by Crippen LogP contribution is 2.16. The fourth-order valence-corrected chi connectivity index (χ4v) is 1.40. The van der Waals surface area contributed by atoms with Crippen molar-refractivity contribution in [2.45, 2.75) is 13.0 Å². The smallest absolute Gasteiger partial charge is 0.258 e. The van der Waals surface area contributed by atoms with E-state index in [-0.39, 0.29) is 11.4 Å². The Morgan fingerprint density at radius 3 is 3.17 bits per heavy atom. The number of nitrogens with one attached hydrogen (secondary N) is 1. The van der Waals surface area contributed by atoms with E-state index in [1.165, 1.54) is 12.3 Å². The van der Waals surface area contributed by atoms with Crippen LogP contribution >= 0.6 is 0 Å². The summed E-state index contributed by atoms with van der Waals surface area (Å²) in [5.41, 5.74) is 6.15. The van der Waals surface area contributed by atoms with E-state index in [2.05, 4.69) is 15.1 Å². The maximum Gasteiger partial charge on any atom is 0.258 e. The Bertz CT molecular complexity index is 563. The molecule has 0 fully saturated rings. The van der Waals surface area contributed by atoms with Gasteiger partial charge in [-0.05, 0) is 13.0 Å². The summed E-state index contributed by atoms with van der Waals surface area (Å²) >= 11 is 0. The monoisotopic (exact) mass is 250 g/mol. The highest BCUT2D eigenvalue weighted by atomic mass is 16.5. The molecule has 0 aromatic carbocycles. The van der Waals surface area contributed by atoms with E-state index in [0.717, 1.165) is 0 Å². The average molecular weight is 250 g/mol. The lowest BCUT2D eigenvalue weighted by Gasteiger charge is -2.05. The van der Waals surface area contributed by atoms with E-state index >= 15 is 0 Å². The van der Waals surface area contributed by atoms with E-state index in [4.69, 9.17) is 15.0 Å². The van der Waals surface area contributed by atoms with Crippen LogP contribution in [0.4, 0.5) is 0 Å². The van der Waals surface area contributed by atoms with Gasteiger partial charge in [0.2, 0.25) is 5.56 Å². The minimum Gasteiger partial charge on any atom is -0.380 e. The van der Waals surface area contributed by atoms with Crippen LogP contribution in [0.5, 0.6) is 0 Å². The topological polar surface area (TPSA) is 107 Å². The molecule has 0 bridgehead atoms. The molecule has 0 aliphatic carbocycles. The Morgan fingerprint density at radius 1 is 1.61 bits per heavy atom. The number of H-pyrrole nitrogens is 1. The highest BCUT2D eigenvalue weighted by Gasteiger charge is 2.15. The molecule has 0 amide bonds. The Kier molecular flexibility index (Phi) is 3.85. The number of aromatic nitrogens is 3. The van der Waals surface area contributed by atoms with Crippen molar-refractivity contribution in [1.29, 1.82) is 0 Å². The fraction of sp³-hybridized carbons (Fsp3) is 0.364. The summed E-state index contributed by atoms with van der Waals surface area (Å²) in [6.45, 7) is 2.78. The third kappa shape index (κ3) is 2.82. The Hall–Kier alpha value is -1.99. The molecule has 7 nitrogen and oxygen atoms in total. The number of aromatic amines is 1. The lowest BCUT2D eigenvalue weighted by molar-refractivity contribution is 0.130. The molecule has 0 saturated heterocycles. The van der Waals surface area contributed by atoms with Gasteiger partial charge < -0.3 is 20.0 Å². The molecular formula is C11H14N4O3. The molecule has 7 heteroatoms. The molecule has 0 spiro atoms. The van der Waals surface area contributed by atoms with Crippen LogP contribution in [0, 0.1) is 0 Å². The van der Waals surface area contributed by atoms with Gasteiger partial charge in [-0.3, -0.25) is 4.79 Å². The van der Waals surface area contributed by atoms with Crippen molar-refractivity contribution in [3.8, 4) is 11.5 Å². The van der Waals surface area contributed by atoms with Gasteiger partial charge >= 0.3 is 0 Å². The largest absolute Gasteiger partial charge is 0.380 e. The maximum atomic E-state index is 11.2. The van der Waals surface area contributed by atoms with Crippen molar-refractivity contribution in [3.63, 3.8) is 0 Å². The first-order chi connectivity index (χ1) is 8.70. The SMILES string of the molecule is CCOCC(N)c1noc(-c2cc[nH]c(=O)c2)n1. The van der Waals surface area contributed by atoms with Gasteiger partial charge in [-0.1, -0.05) is 5.16 Å². The van der Waals surface area contributed by atoms with Gasteiger partial charge in [0.15, 0.2) is 5.82 Å². The van der Waals surface area contributed by atoms with Crippen molar-refractivity contribution in [2.75, 3.05) is 13.2 Å². The molecular weight excluding hydrogens is 236 g/mol. The van der Waals surface area contributed by atoms with Gasteiger partial charge in [0.25, 0.3) is 5.89 Å². The summed E-state index contributed by atoms with van der Waals surface area (Å²) in [6, 6.07) is 2.61. The zero-order chi connectivity index (χ0) is 13.0. The van der Waals surface area contributed by atoms with Gasteiger partial charge in [0.1, 0.15) is 0 Å². The Balaban J connectivity index is 2.17. The minimum absolute atomic E-state index is 0.231. The summed E-state index contributed by atoms with van der Waals surface area (Å²) in [5, 5.41) is 3.77. The summed E-state index contributed by atoms with van der Waals surface area (Å²) in [5.74, 6) is 0.627. The predicted octanol–water partition coefficient (Wildman–Crippen LogP) is 0.461. The number of hydrogen-bond acceptors (Lipinski definition) is 6. The molecule has 2 aromatic rings. The van der Waals surface area contributed by atoms with E-state index in [0.29, 0.717) is 24.6 Å². The average Bonchev–Trinajstić information content (AvgIpc) is 2.85. The van der Waals surface area contributed by atoms with Gasteiger partial charge in [0, 0.05) is 24.4 Å². The van der Waals surface area contributed by atoms with Crippen LogP contribution in [0.1, 0.15) is 18.8 Å². The first-order valence-electron chi connectivity index (χ1n) is 5.56. The summed E-state index contributed by atoms with van der Waals surface area (Å²) in [7, 11) is 0. The second kappa shape index (κ2) is 5.56. The van der Waals surface area contributed by atoms with Crippen LogP contribution in [0.15, 0.2) is 27.6 Å². The molecule has 0 saturated carbocycles. The predicted molar refractivity (Wildman–Crippen MR) is 63.8 cm³/mol. The van der Waals surface area contributed by atoms with E-state index in [1.807, 2.05) is 6.92 Å². The standard InChI is InChI=1S/C11H14N4O3/c1-2-17-6-8(12)10-14-11(18-15-10)7-3-4-13-9(16)5-7/h3-5,8H,2,6,12H2,1H3,(H,13,16). The molecule has 2 rings (SSSR count). The molecule has 0 aliphatic rings. The minimum atomic E-state index is -0.440. The Morgan fingerprint density at radius 2 is 2.44 bits per heavy atom. The first-order valence-corrected chi connectivity index (χ1v) is 5.56. The molecule has 3 N–H and O–H groups in total. The van der Waals surface area contributed by atoms with Crippen molar-refractivity contribution in [1.82, 2.24) is 15.1 Å². The Labute approximate surface area is 103 Å². The summed E-state index contributed by atoms with van der Waals surface area (Å²) in [6.07, 6.45) is 1.52. The quantitative estimate of drug-likeness (QED) is 0.798. The number of ether oxygens (including phenoxy) is 1. The van der Waals surface area contributed by atoms with Gasteiger partial charge in [-0.2, -0.15) is 4.98 Å². The van der Waals surface area contributed by atoms with Crippen molar-refractivity contribution >= 4 is 0 Å². The van der Waals surface area contributed by atoms with E-state index < -0.39 is 6.04 Å². The van der Waals surface area contributed by atoms with E-state index in [1.54, 1.807) is 6.07 Å². The second-order valence-electron chi connectivity index (χ2n) is 3.67. The number of nitrogens with zero attached hydrogens (tertiary/aromatic N) is 2. The molecule has 0 radical (unpaired) electrons. The molecule has 2 aromatic heterocycles. The normalized spacial score (nSPS) is 12.6. The lowest BCUT2D eigenvalue weighted by atomic mass is 10.2. The molecule has 18 heavy (non-hydrogen) atoms. The number of pyridine rings is 1. The first kappa shape index (κ1) is 12.5. The van der Waals surface area contributed by atoms with Crippen LogP contribution in [0.3, 0.4) is 0 Å². The zero-order valence-electron chi connectivity index (χ0n) is 9.92. The lowest BCUT2D eigenvalue weighted by Crippen LogP contribution is -2.18. The van der Waals surface area contributed by atoms with Crippen LogP contribution in [0.2, 0.25) is 0 Å². The number of rotatable bonds is 5. The van der Waals surface area contributed by atoms with Gasteiger partial charge in [-0.15, -0.1) is 0 Å². The van der Waals surface area contributed by atoms with Crippen molar-refractivity contribution < 1.29 is 9.26 Å². The molecule has 96 valence electrons. The van der Waals surface area contributed by atoms with Crippen molar-refractivity contribution in [2.24, 2.45) is 5.73 Å². The summed E-state index contributed by atoms with van der Waals surface area (Å²) in [4.78, 5) is 17.8. The maximum absolute atomic E-state index is 11.2. The van der Waals surface area contributed by atoms with Crippen LogP contribution in [-0.2, 0) is 4.74 Å². The van der Waals surface area contributed by atoms with Gasteiger partial charge in [-0.25, -0.2) is 0 Å². The molecule has 0 aliphatic heterocycles. The van der Waals surface area contributed by atoms with Gasteiger partial charge in [0.05, 0.1) is 12.6 Å². The number of hydrogen-bond donors (Lipinski definition) is 2. The summed E-state index contributed by atoms with van der Waals surface area (Å²) < 4.78 is 10.2.